The third-order valence-electron chi connectivity index (χ3n) is 4.95. The van der Waals surface area contributed by atoms with Gasteiger partial charge in [-0.3, -0.25) is 9.78 Å². The Labute approximate surface area is 193 Å². The SMILES string of the molecule is N#Cc1c(NC(=O)C=Cc2ccsc2)sc2c1CCC(OC(=O)NCc1ccccn1)C2. The van der Waals surface area contributed by atoms with Gasteiger partial charge < -0.3 is 15.4 Å². The lowest BCUT2D eigenvalue weighted by Gasteiger charge is -2.22. The highest BCUT2D eigenvalue weighted by molar-refractivity contribution is 7.16. The largest absolute Gasteiger partial charge is 0.446 e. The number of aromatic nitrogens is 1. The number of hydrogen-bond donors (Lipinski definition) is 2. The molecule has 1 aliphatic carbocycles. The van der Waals surface area contributed by atoms with E-state index in [4.69, 9.17) is 4.74 Å². The maximum absolute atomic E-state index is 12.3. The lowest BCUT2D eigenvalue weighted by Crippen LogP contribution is -2.31. The van der Waals surface area contributed by atoms with E-state index in [1.165, 1.54) is 17.4 Å². The van der Waals surface area contributed by atoms with Crippen LogP contribution >= 0.6 is 22.7 Å². The number of alkyl carbamates (subject to hydrolysis) is 1. The third-order valence-corrected chi connectivity index (χ3v) is 6.82. The van der Waals surface area contributed by atoms with Gasteiger partial charge >= 0.3 is 6.09 Å². The van der Waals surface area contributed by atoms with Gasteiger partial charge in [0.15, 0.2) is 0 Å². The standard InChI is InChI=1S/C23H20N4O3S2/c24-12-19-18-6-5-17(30-23(29)26-13-16-3-1-2-9-25-16)11-20(18)32-22(19)27-21(28)7-4-15-8-10-31-14-15/h1-4,7-10,14,17H,5-6,11,13H2,(H,26,29)(H,27,28). The predicted octanol–water partition coefficient (Wildman–Crippen LogP) is 4.51. The van der Waals surface area contributed by atoms with E-state index in [1.54, 1.807) is 23.6 Å². The van der Waals surface area contributed by atoms with Crippen LogP contribution in [-0.4, -0.2) is 23.1 Å². The molecule has 0 bridgehead atoms. The first-order chi connectivity index (χ1) is 15.6. The van der Waals surface area contributed by atoms with Crippen molar-refractivity contribution in [1.82, 2.24) is 10.3 Å². The monoisotopic (exact) mass is 464 g/mol. The maximum Gasteiger partial charge on any atom is 0.407 e. The predicted molar refractivity (Wildman–Crippen MR) is 124 cm³/mol. The smallest absolute Gasteiger partial charge is 0.407 e. The van der Waals surface area contributed by atoms with Crippen molar-refractivity contribution in [2.45, 2.75) is 31.9 Å². The van der Waals surface area contributed by atoms with Crippen LogP contribution in [0.3, 0.4) is 0 Å². The summed E-state index contributed by atoms with van der Waals surface area (Å²) in [5, 5.41) is 19.6. The molecule has 9 heteroatoms. The minimum Gasteiger partial charge on any atom is -0.446 e. The van der Waals surface area contributed by atoms with E-state index in [1.807, 2.05) is 35.0 Å². The van der Waals surface area contributed by atoms with Crippen molar-refractivity contribution >= 4 is 45.8 Å². The van der Waals surface area contributed by atoms with Crippen LogP contribution < -0.4 is 10.6 Å². The fourth-order valence-electron chi connectivity index (χ4n) is 3.42. The number of amides is 2. The van der Waals surface area contributed by atoms with Crippen LogP contribution in [0.4, 0.5) is 9.80 Å². The number of fused-ring (bicyclic) bond motifs is 1. The molecule has 0 spiro atoms. The number of ether oxygens (including phenoxy) is 1. The number of thiophene rings is 2. The number of rotatable bonds is 6. The molecule has 1 aliphatic rings. The summed E-state index contributed by atoms with van der Waals surface area (Å²) >= 11 is 2.93. The first-order valence-electron chi connectivity index (χ1n) is 10.0. The Morgan fingerprint density at radius 3 is 3.00 bits per heavy atom. The molecule has 3 aromatic rings. The van der Waals surface area contributed by atoms with Crippen LogP contribution in [0.1, 0.15) is 33.7 Å². The Bertz CT molecular complexity index is 1160. The molecular formula is C23H20N4O3S2. The molecule has 162 valence electrons. The zero-order valence-electron chi connectivity index (χ0n) is 17.0. The van der Waals surface area contributed by atoms with Gasteiger partial charge in [-0.05, 0) is 59.0 Å². The molecule has 7 nitrogen and oxygen atoms in total. The Hall–Kier alpha value is -3.48. The van der Waals surface area contributed by atoms with Crippen molar-refractivity contribution in [2.75, 3.05) is 5.32 Å². The highest BCUT2D eigenvalue weighted by atomic mass is 32.1. The minimum absolute atomic E-state index is 0.279. The average Bonchev–Trinajstić information content (AvgIpc) is 3.44. The molecular weight excluding hydrogens is 444 g/mol. The molecule has 0 saturated carbocycles. The normalized spacial score (nSPS) is 15.0. The Morgan fingerprint density at radius 2 is 2.25 bits per heavy atom. The molecule has 2 N–H and O–H groups in total. The van der Waals surface area contributed by atoms with Gasteiger partial charge in [-0.1, -0.05) is 6.07 Å². The summed E-state index contributed by atoms with van der Waals surface area (Å²) in [5.41, 5.74) is 3.14. The van der Waals surface area contributed by atoms with Gasteiger partial charge in [0.2, 0.25) is 5.91 Å². The number of carbonyl (C=O) groups is 2. The Balaban J connectivity index is 1.36. The summed E-state index contributed by atoms with van der Waals surface area (Å²) < 4.78 is 5.56. The molecule has 2 amide bonds. The number of pyridine rings is 1. The van der Waals surface area contributed by atoms with Gasteiger partial charge in [-0.15, -0.1) is 11.3 Å². The fraction of sp³-hybridized carbons (Fsp3) is 0.217. The second-order valence-corrected chi connectivity index (χ2v) is 9.03. The van der Waals surface area contributed by atoms with E-state index >= 15 is 0 Å². The van der Waals surface area contributed by atoms with E-state index < -0.39 is 6.09 Å². The van der Waals surface area contributed by atoms with E-state index in [2.05, 4.69) is 21.7 Å². The maximum atomic E-state index is 12.3. The van der Waals surface area contributed by atoms with Crippen molar-refractivity contribution in [2.24, 2.45) is 0 Å². The van der Waals surface area contributed by atoms with Crippen molar-refractivity contribution in [3.05, 3.63) is 74.6 Å². The summed E-state index contributed by atoms with van der Waals surface area (Å²) in [4.78, 5) is 29.6. The van der Waals surface area contributed by atoms with E-state index in [9.17, 15) is 14.9 Å². The van der Waals surface area contributed by atoms with Gasteiger partial charge in [-0.25, -0.2) is 4.79 Å². The molecule has 32 heavy (non-hydrogen) atoms. The molecule has 3 heterocycles. The average molecular weight is 465 g/mol. The third kappa shape index (κ3) is 5.41. The van der Waals surface area contributed by atoms with Crippen molar-refractivity contribution < 1.29 is 14.3 Å². The number of nitriles is 1. The fourth-order valence-corrected chi connectivity index (χ4v) is 5.31. The van der Waals surface area contributed by atoms with Gasteiger partial charge in [-0.2, -0.15) is 16.6 Å². The number of nitrogens with one attached hydrogen (secondary N) is 2. The highest BCUT2D eigenvalue weighted by Crippen LogP contribution is 2.38. The van der Waals surface area contributed by atoms with Crippen LogP contribution in [0, 0.1) is 11.3 Å². The highest BCUT2D eigenvalue weighted by Gasteiger charge is 2.28. The van der Waals surface area contributed by atoms with Crippen LogP contribution in [0.2, 0.25) is 0 Å². The summed E-state index contributed by atoms with van der Waals surface area (Å²) in [6.07, 6.45) is 5.86. The van der Waals surface area contributed by atoms with Crippen molar-refractivity contribution in [3.63, 3.8) is 0 Å². The molecule has 0 saturated heterocycles. The Morgan fingerprint density at radius 1 is 1.34 bits per heavy atom. The zero-order valence-corrected chi connectivity index (χ0v) is 18.7. The summed E-state index contributed by atoms with van der Waals surface area (Å²) in [5.74, 6) is -0.284. The molecule has 1 unspecified atom stereocenters. The lowest BCUT2D eigenvalue weighted by atomic mass is 9.94. The van der Waals surface area contributed by atoms with E-state index in [-0.39, 0.29) is 12.0 Å². The quantitative estimate of drug-likeness (QED) is 0.522. The van der Waals surface area contributed by atoms with Gasteiger partial charge in [0, 0.05) is 23.6 Å². The summed E-state index contributed by atoms with van der Waals surface area (Å²) in [6.45, 7) is 0.296. The van der Waals surface area contributed by atoms with Gasteiger partial charge in [0.1, 0.15) is 17.2 Å². The molecule has 1 atom stereocenters. The second-order valence-electron chi connectivity index (χ2n) is 7.14. The van der Waals surface area contributed by atoms with E-state index in [0.717, 1.165) is 21.7 Å². The van der Waals surface area contributed by atoms with Crippen LogP contribution in [0.25, 0.3) is 6.08 Å². The second kappa shape index (κ2) is 10.2. The first kappa shape index (κ1) is 21.7. The molecule has 3 aromatic heterocycles. The summed E-state index contributed by atoms with van der Waals surface area (Å²) in [7, 11) is 0. The Kier molecular flexibility index (Phi) is 6.94. The molecule has 0 aliphatic heterocycles. The van der Waals surface area contributed by atoms with Gasteiger partial charge in [0.25, 0.3) is 0 Å². The molecule has 0 aromatic carbocycles. The van der Waals surface area contributed by atoms with Gasteiger partial charge in [0.05, 0.1) is 17.8 Å². The molecule has 0 fully saturated rings. The molecule has 4 rings (SSSR count). The molecule has 0 radical (unpaired) electrons. The number of anilines is 1. The van der Waals surface area contributed by atoms with Crippen molar-refractivity contribution in [1.29, 1.82) is 5.26 Å². The van der Waals surface area contributed by atoms with Crippen LogP contribution in [0.5, 0.6) is 0 Å². The topological polar surface area (TPSA) is 104 Å². The first-order valence-corrected chi connectivity index (χ1v) is 11.8. The number of nitrogens with zero attached hydrogens (tertiary/aromatic N) is 2. The van der Waals surface area contributed by atoms with E-state index in [0.29, 0.717) is 36.4 Å². The number of hydrogen-bond acceptors (Lipinski definition) is 7. The zero-order chi connectivity index (χ0) is 22.3. The van der Waals surface area contributed by atoms with Crippen molar-refractivity contribution in [3.8, 4) is 6.07 Å². The minimum atomic E-state index is -0.492. The summed E-state index contributed by atoms with van der Waals surface area (Å²) in [6, 6.07) is 9.64. The number of carbonyl (C=O) groups excluding carboxylic acids is 2. The van der Waals surface area contributed by atoms with Crippen LogP contribution in [0.15, 0.2) is 47.3 Å². The van der Waals surface area contributed by atoms with Crippen LogP contribution in [-0.2, 0) is 28.9 Å². The lowest BCUT2D eigenvalue weighted by molar-refractivity contribution is -0.111.